The SMILES string of the molecule is CC1=C(C)C(c2ccc([N+](=O)[O-])cc2[N+](=O)[O-])NC(=S)N1. The fourth-order valence-corrected chi connectivity index (χ4v) is 2.39. The first-order valence-corrected chi connectivity index (χ1v) is 6.39. The molecule has 1 aliphatic heterocycles. The van der Waals surface area contributed by atoms with Gasteiger partial charge >= 0.3 is 0 Å². The molecule has 1 aromatic rings. The Bertz CT molecular complexity index is 686. The van der Waals surface area contributed by atoms with E-state index in [0.29, 0.717) is 10.7 Å². The Morgan fingerprint density at radius 3 is 2.43 bits per heavy atom. The minimum absolute atomic E-state index is 0.307. The lowest BCUT2D eigenvalue weighted by Gasteiger charge is -2.29. The van der Waals surface area contributed by atoms with Gasteiger partial charge in [0, 0.05) is 11.8 Å². The molecule has 0 aliphatic carbocycles. The number of nitro groups is 2. The number of allylic oxidation sites excluding steroid dienone is 1. The van der Waals surface area contributed by atoms with Gasteiger partial charge in [-0.25, -0.2) is 0 Å². The highest BCUT2D eigenvalue weighted by Gasteiger charge is 2.29. The Kier molecular flexibility index (Phi) is 3.85. The number of hydrogen-bond acceptors (Lipinski definition) is 5. The number of hydrogen-bond donors (Lipinski definition) is 2. The summed E-state index contributed by atoms with van der Waals surface area (Å²) in [6.45, 7) is 3.62. The van der Waals surface area contributed by atoms with Gasteiger partial charge in [-0.1, -0.05) is 0 Å². The summed E-state index contributed by atoms with van der Waals surface area (Å²) < 4.78 is 0. The van der Waals surface area contributed by atoms with Crippen molar-refractivity contribution < 1.29 is 9.85 Å². The quantitative estimate of drug-likeness (QED) is 0.501. The van der Waals surface area contributed by atoms with E-state index in [2.05, 4.69) is 10.6 Å². The molecular formula is C12H12N4O4S. The van der Waals surface area contributed by atoms with Gasteiger partial charge in [0.15, 0.2) is 5.11 Å². The Labute approximate surface area is 125 Å². The number of benzene rings is 1. The van der Waals surface area contributed by atoms with Gasteiger partial charge in [0.2, 0.25) is 0 Å². The molecule has 110 valence electrons. The summed E-state index contributed by atoms with van der Waals surface area (Å²) in [7, 11) is 0. The lowest BCUT2D eigenvalue weighted by atomic mass is 9.95. The monoisotopic (exact) mass is 308 g/mol. The Balaban J connectivity index is 2.58. The number of nitro benzene ring substituents is 2. The molecule has 0 aromatic heterocycles. The van der Waals surface area contributed by atoms with E-state index in [1.54, 1.807) is 0 Å². The topological polar surface area (TPSA) is 110 Å². The van der Waals surface area contributed by atoms with Crippen LogP contribution < -0.4 is 10.6 Å². The maximum Gasteiger partial charge on any atom is 0.281 e. The van der Waals surface area contributed by atoms with Crippen molar-refractivity contribution in [3.63, 3.8) is 0 Å². The van der Waals surface area contributed by atoms with Gasteiger partial charge in [-0.05, 0) is 37.7 Å². The van der Waals surface area contributed by atoms with Gasteiger partial charge < -0.3 is 10.6 Å². The first-order valence-electron chi connectivity index (χ1n) is 5.99. The van der Waals surface area contributed by atoms with Crippen LogP contribution in [0.25, 0.3) is 0 Å². The first kappa shape index (κ1) is 14.9. The zero-order valence-corrected chi connectivity index (χ0v) is 12.1. The Morgan fingerprint density at radius 2 is 1.86 bits per heavy atom. The fourth-order valence-electron chi connectivity index (χ4n) is 2.12. The molecule has 1 unspecified atom stereocenters. The van der Waals surface area contributed by atoms with Gasteiger partial charge in [0.05, 0.1) is 27.5 Å². The smallest absolute Gasteiger partial charge is 0.281 e. The Hall–Kier alpha value is -2.55. The van der Waals surface area contributed by atoms with E-state index in [1.807, 2.05) is 13.8 Å². The van der Waals surface area contributed by atoms with Gasteiger partial charge in [0.25, 0.3) is 11.4 Å². The summed E-state index contributed by atoms with van der Waals surface area (Å²) in [5.41, 5.74) is 1.35. The molecule has 21 heavy (non-hydrogen) atoms. The number of nitrogens with zero attached hydrogens (tertiary/aromatic N) is 2. The van der Waals surface area contributed by atoms with Crippen molar-refractivity contribution >= 4 is 28.7 Å². The van der Waals surface area contributed by atoms with Crippen LogP contribution in [0.1, 0.15) is 25.5 Å². The minimum atomic E-state index is -0.661. The zero-order chi connectivity index (χ0) is 15.7. The molecule has 0 spiro atoms. The summed E-state index contributed by atoms with van der Waals surface area (Å²) in [4.78, 5) is 20.7. The highest BCUT2D eigenvalue weighted by atomic mass is 32.1. The van der Waals surface area contributed by atoms with Gasteiger partial charge in [-0.3, -0.25) is 20.2 Å². The van der Waals surface area contributed by atoms with Crippen molar-refractivity contribution in [2.75, 3.05) is 0 Å². The van der Waals surface area contributed by atoms with Crippen LogP contribution in [0.5, 0.6) is 0 Å². The highest BCUT2D eigenvalue weighted by molar-refractivity contribution is 7.80. The average Bonchev–Trinajstić information content (AvgIpc) is 2.42. The molecule has 2 rings (SSSR count). The number of rotatable bonds is 3. The van der Waals surface area contributed by atoms with E-state index in [4.69, 9.17) is 12.2 Å². The molecule has 0 saturated carbocycles. The predicted octanol–water partition coefficient (Wildman–Crippen LogP) is 2.32. The van der Waals surface area contributed by atoms with Crippen LogP contribution in [0.2, 0.25) is 0 Å². The van der Waals surface area contributed by atoms with Crippen LogP contribution in [0.15, 0.2) is 29.5 Å². The summed E-state index contributed by atoms with van der Waals surface area (Å²) in [6, 6.07) is 3.11. The standard InChI is InChI=1S/C12H12N4O4S/c1-6-7(2)13-12(21)14-11(6)9-4-3-8(15(17)18)5-10(9)16(19)20/h3-5,11H,1-2H3,(H2,13,14,21). The maximum absolute atomic E-state index is 11.2. The van der Waals surface area contributed by atoms with E-state index >= 15 is 0 Å². The fraction of sp³-hybridized carbons (Fsp3) is 0.250. The molecule has 2 N–H and O–H groups in total. The van der Waals surface area contributed by atoms with Gasteiger partial charge in [-0.2, -0.15) is 0 Å². The molecule has 1 atom stereocenters. The van der Waals surface area contributed by atoms with Crippen molar-refractivity contribution in [3.05, 3.63) is 55.3 Å². The predicted molar refractivity (Wildman–Crippen MR) is 79.7 cm³/mol. The Morgan fingerprint density at radius 1 is 1.19 bits per heavy atom. The molecule has 8 nitrogen and oxygen atoms in total. The van der Waals surface area contributed by atoms with Crippen molar-refractivity contribution in [1.29, 1.82) is 0 Å². The normalized spacial score (nSPS) is 18.0. The van der Waals surface area contributed by atoms with Crippen LogP contribution in [0.4, 0.5) is 11.4 Å². The van der Waals surface area contributed by atoms with Crippen molar-refractivity contribution in [3.8, 4) is 0 Å². The molecular weight excluding hydrogens is 296 g/mol. The van der Waals surface area contributed by atoms with Crippen LogP contribution in [-0.2, 0) is 0 Å². The molecule has 0 saturated heterocycles. The van der Waals surface area contributed by atoms with Crippen molar-refractivity contribution in [2.24, 2.45) is 0 Å². The molecule has 0 amide bonds. The third kappa shape index (κ3) is 2.82. The minimum Gasteiger partial charge on any atom is -0.352 e. The zero-order valence-electron chi connectivity index (χ0n) is 11.2. The van der Waals surface area contributed by atoms with Gasteiger partial charge in [0.1, 0.15) is 0 Å². The maximum atomic E-state index is 11.2. The third-order valence-electron chi connectivity index (χ3n) is 3.33. The second-order valence-electron chi connectivity index (χ2n) is 4.60. The van der Waals surface area contributed by atoms with E-state index in [9.17, 15) is 20.2 Å². The van der Waals surface area contributed by atoms with Crippen LogP contribution in [0.3, 0.4) is 0 Å². The van der Waals surface area contributed by atoms with Crippen molar-refractivity contribution in [2.45, 2.75) is 19.9 Å². The lowest BCUT2D eigenvalue weighted by molar-refractivity contribution is -0.394. The van der Waals surface area contributed by atoms with E-state index < -0.39 is 15.9 Å². The number of non-ortho nitro benzene ring substituents is 1. The largest absolute Gasteiger partial charge is 0.352 e. The highest BCUT2D eigenvalue weighted by Crippen LogP contribution is 2.34. The second kappa shape index (κ2) is 5.44. The van der Waals surface area contributed by atoms with Crippen LogP contribution in [0, 0.1) is 20.2 Å². The third-order valence-corrected chi connectivity index (χ3v) is 3.55. The molecule has 0 fully saturated rings. The van der Waals surface area contributed by atoms with Crippen LogP contribution >= 0.6 is 12.2 Å². The number of nitrogens with one attached hydrogen (secondary N) is 2. The van der Waals surface area contributed by atoms with E-state index in [-0.39, 0.29) is 11.4 Å². The van der Waals surface area contributed by atoms with Crippen molar-refractivity contribution in [1.82, 2.24) is 10.6 Å². The molecule has 1 aromatic carbocycles. The summed E-state index contributed by atoms with van der Waals surface area (Å²) >= 11 is 5.05. The molecule has 1 heterocycles. The molecule has 0 radical (unpaired) electrons. The van der Waals surface area contributed by atoms with E-state index in [1.165, 1.54) is 12.1 Å². The van der Waals surface area contributed by atoms with E-state index in [0.717, 1.165) is 17.3 Å². The lowest BCUT2D eigenvalue weighted by Crippen LogP contribution is -2.42. The average molecular weight is 308 g/mol. The second-order valence-corrected chi connectivity index (χ2v) is 5.01. The summed E-state index contributed by atoms with van der Waals surface area (Å²) in [5.74, 6) is 0. The first-order chi connectivity index (χ1) is 9.81. The molecule has 1 aliphatic rings. The summed E-state index contributed by atoms with van der Waals surface area (Å²) in [6.07, 6.45) is 0. The van der Waals surface area contributed by atoms with Crippen LogP contribution in [-0.4, -0.2) is 15.0 Å². The molecule has 0 bridgehead atoms. The summed E-state index contributed by atoms with van der Waals surface area (Å²) in [5, 5.41) is 28.2. The molecule has 9 heteroatoms. The van der Waals surface area contributed by atoms with Gasteiger partial charge in [-0.15, -0.1) is 0 Å². The number of thiocarbonyl (C=S) groups is 1.